The Kier molecular flexibility index (Phi) is 11.1. The first-order valence-corrected chi connectivity index (χ1v) is 15.9. The van der Waals surface area contributed by atoms with Crippen LogP contribution in [-0.2, 0) is 11.3 Å². The normalized spacial score (nSPS) is 18.0. The van der Waals surface area contributed by atoms with Crippen molar-refractivity contribution in [3.63, 3.8) is 0 Å². The van der Waals surface area contributed by atoms with E-state index in [9.17, 15) is 4.79 Å². The molecular formula is C34H37Cl2N7O3. The quantitative estimate of drug-likeness (QED) is 0.169. The van der Waals surface area contributed by atoms with Gasteiger partial charge < -0.3 is 25.4 Å². The van der Waals surface area contributed by atoms with Gasteiger partial charge in [-0.15, -0.1) is 11.6 Å². The van der Waals surface area contributed by atoms with Gasteiger partial charge in [0.1, 0.15) is 0 Å². The molecule has 0 saturated carbocycles. The molecule has 1 saturated heterocycles. The summed E-state index contributed by atoms with van der Waals surface area (Å²) in [5.74, 6) is 1.89. The number of aliphatic imine (C=N–C) groups is 1. The topological polar surface area (TPSA) is 123 Å². The number of ether oxygens (including phenoxy) is 2. The monoisotopic (exact) mass is 661 g/mol. The Hall–Kier alpha value is -4.25. The predicted molar refractivity (Wildman–Crippen MR) is 184 cm³/mol. The average molecular weight is 663 g/mol. The molecule has 10 nitrogen and oxygen atoms in total. The van der Waals surface area contributed by atoms with Crippen LogP contribution in [0.3, 0.4) is 0 Å². The molecule has 46 heavy (non-hydrogen) atoms. The number of pyridine rings is 1. The third-order valence-corrected chi connectivity index (χ3v) is 8.37. The summed E-state index contributed by atoms with van der Waals surface area (Å²) in [6, 6.07) is 10.0. The van der Waals surface area contributed by atoms with Crippen LogP contribution >= 0.6 is 23.2 Å². The van der Waals surface area contributed by atoms with Crippen LogP contribution in [0.5, 0.6) is 11.8 Å². The smallest absolute Gasteiger partial charge is 0.244 e. The molecule has 0 aliphatic carbocycles. The fourth-order valence-corrected chi connectivity index (χ4v) is 5.80. The fraction of sp³-hybridized carbons (Fsp3) is 0.324. The molecular weight excluding hydrogens is 625 g/mol. The number of hydrogen-bond donors (Lipinski definition) is 3. The Morgan fingerprint density at radius 2 is 1.98 bits per heavy atom. The van der Waals surface area contributed by atoms with Gasteiger partial charge in [0.05, 0.1) is 43.4 Å². The van der Waals surface area contributed by atoms with E-state index in [-0.39, 0.29) is 23.9 Å². The number of nitrogens with zero attached hydrogens (tertiary/aromatic N) is 4. The van der Waals surface area contributed by atoms with Crippen LogP contribution in [0.2, 0.25) is 5.02 Å². The number of alkyl halides is 1. The minimum absolute atomic E-state index is 0.100. The Labute approximate surface area is 279 Å². The second-order valence-electron chi connectivity index (χ2n) is 11.0. The third-order valence-electron chi connectivity index (χ3n) is 7.68. The number of methoxy groups -OCH3 is 2. The van der Waals surface area contributed by atoms with Crippen LogP contribution in [0.1, 0.15) is 42.3 Å². The second kappa shape index (κ2) is 15.4. The van der Waals surface area contributed by atoms with E-state index >= 15 is 0 Å². The summed E-state index contributed by atoms with van der Waals surface area (Å²) in [4.78, 5) is 29.8. The molecule has 4 heterocycles. The van der Waals surface area contributed by atoms with Crippen LogP contribution in [0.4, 0.5) is 0 Å². The van der Waals surface area contributed by atoms with Crippen LogP contribution in [0.25, 0.3) is 22.4 Å². The number of halogens is 2. The van der Waals surface area contributed by atoms with Gasteiger partial charge in [0, 0.05) is 48.6 Å². The highest BCUT2D eigenvalue weighted by molar-refractivity contribution is 6.35. The number of rotatable bonds is 13. The van der Waals surface area contributed by atoms with E-state index in [0.29, 0.717) is 71.3 Å². The van der Waals surface area contributed by atoms with E-state index in [0.717, 1.165) is 28.7 Å². The first kappa shape index (κ1) is 33.1. The third kappa shape index (κ3) is 7.75. The lowest BCUT2D eigenvalue weighted by molar-refractivity contribution is -0.119. The van der Waals surface area contributed by atoms with Crippen molar-refractivity contribution in [2.24, 2.45) is 4.99 Å². The van der Waals surface area contributed by atoms with Crippen molar-refractivity contribution in [1.82, 2.24) is 30.9 Å². The van der Waals surface area contributed by atoms with Gasteiger partial charge in [-0.2, -0.15) is 0 Å². The lowest BCUT2D eigenvalue weighted by atomic mass is 10.0. The van der Waals surface area contributed by atoms with Crippen molar-refractivity contribution in [3.8, 4) is 23.0 Å². The van der Waals surface area contributed by atoms with E-state index in [4.69, 9.17) is 37.7 Å². The van der Waals surface area contributed by atoms with Crippen LogP contribution in [0, 0.1) is 0 Å². The maximum absolute atomic E-state index is 11.5. The summed E-state index contributed by atoms with van der Waals surface area (Å²) < 4.78 is 11.1. The summed E-state index contributed by atoms with van der Waals surface area (Å²) in [6.07, 6.45) is 8.66. The highest BCUT2D eigenvalue weighted by Crippen LogP contribution is 2.35. The lowest BCUT2D eigenvalue weighted by Gasteiger charge is -2.15. The molecule has 2 aromatic heterocycles. The number of nitrogens with one attached hydrogen (secondary N) is 3. The predicted octanol–water partition coefficient (Wildman–Crippen LogP) is 5.21. The Morgan fingerprint density at radius 3 is 2.67 bits per heavy atom. The van der Waals surface area contributed by atoms with Crippen LogP contribution in [0.15, 0.2) is 66.3 Å². The summed E-state index contributed by atoms with van der Waals surface area (Å²) >= 11 is 13.4. The molecule has 1 fully saturated rings. The standard InChI is InChI=1S/C34H37Cl2N7O3/c1-20(28-19-38-31(34(43-28)46-4)32-39-16-21(2)40-32)7-5-8-22(15-35)25-9-6-10-26(30(25)36)27-13-11-23(33(42-27)45-3)17-37-18-24-12-14-29(44)41-24/h5-11,13,19,21,24,37H,1,12,14-18H2,2-4H3,(H,39,40)(H,41,44)/b7-5-,22-8+/t21-,24+/m1/s1. The zero-order chi connectivity index (χ0) is 32.6. The number of allylic oxidation sites excluding steroid dienone is 5. The zero-order valence-electron chi connectivity index (χ0n) is 26.1. The van der Waals surface area contributed by atoms with Crippen molar-refractivity contribution in [1.29, 1.82) is 0 Å². The Bertz CT molecular complexity index is 1710. The highest BCUT2D eigenvalue weighted by atomic mass is 35.5. The molecule has 0 bridgehead atoms. The number of carbonyl (C=O) groups excluding carboxylic acids is 1. The van der Waals surface area contributed by atoms with E-state index in [2.05, 4.69) is 44.4 Å². The molecule has 1 aromatic carbocycles. The van der Waals surface area contributed by atoms with Gasteiger partial charge in [-0.05, 0) is 36.1 Å². The molecule has 0 spiro atoms. The molecule has 5 rings (SSSR count). The van der Waals surface area contributed by atoms with Crippen LogP contribution < -0.4 is 25.4 Å². The highest BCUT2D eigenvalue weighted by Gasteiger charge is 2.22. The van der Waals surface area contributed by atoms with E-state index in [1.165, 1.54) is 0 Å². The number of amides is 1. The lowest BCUT2D eigenvalue weighted by Crippen LogP contribution is -2.35. The van der Waals surface area contributed by atoms with Gasteiger partial charge >= 0.3 is 0 Å². The van der Waals surface area contributed by atoms with Crippen molar-refractivity contribution in [2.45, 2.75) is 38.4 Å². The zero-order valence-corrected chi connectivity index (χ0v) is 27.6. The molecule has 0 unspecified atom stereocenters. The fourth-order valence-electron chi connectivity index (χ4n) is 5.22. The van der Waals surface area contributed by atoms with Gasteiger partial charge in [-0.25, -0.2) is 15.0 Å². The van der Waals surface area contributed by atoms with E-state index in [1.54, 1.807) is 20.4 Å². The number of benzene rings is 1. The minimum Gasteiger partial charge on any atom is -0.481 e. The largest absolute Gasteiger partial charge is 0.481 e. The maximum atomic E-state index is 11.5. The molecule has 2 aliphatic rings. The van der Waals surface area contributed by atoms with Crippen molar-refractivity contribution >= 4 is 46.1 Å². The summed E-state index contributed by atoms with van der Waals surface area (Å²) in [5.41, 5.74) is 5.75. The Balaban J connectivity index is 1.30. The number of carbonyl (C=O) groups is 1. The summed E-state index contributed by atoms with van der Waals surface area (Å²) in [7, 11) is 3.15. The first-order chi connectivity index (χ1) is 22.3. The van der Waals surface area contributed by atoms with Gasteiger partial charge in [0.25, 0.3) is 0 Å². The molecule has 3 aromatic rings. The van der Waals surface area contributed by atoms with Crippen molar-refractivity contribution in [3.05, 3.63) is 88.9 Å². The van der Waals surface area contributed by atoms with Crippen molar-refractivity contribution < 1.29 is 14.3 Å². The Morgan fingerprint density at radius 1 is 1.15 bits per heavy atom. The average Bonchev–Trinajstić information content (AvgIpc) is 3.70. The molecule has 3 N–H and O–H groups in total. The summed E-state index contributed by atoms with van der Waals surface area (Å²) in [6.45, 7) is 8.12. The van der Waals surface area contributed by atoms with E-state index < -0.39 is 0 Å². The van der Waals surface area contributed by atoms with E-state index in [1.807, 2.05) is 48.6 Å². The molecule has 12 heteroatoms. The number of hydrogen-bond acceptors (Lipinski definition) is 9. The minimum atomic E-state index is 0.100. The summed E-state index contributed by atoms with van der Waals surface area (Å²) in [5, 5.41) is 10.2. The van der Waals surface area contributed by atoms with Crippen molar-refractivity contribution in [2.75, 3.05) is 33.2 Å². The van der Waals surface area contributed by atoms with Gasteiger partial charge in [0.2, 0.25) is 17.7 Å². The molecule has 2 atom stereocenters. The second-order valence-corrected chi connectivity index (χ2v) is 11.7. The SMILES string of the molecule is C=C(/C=C\C=C(/CCl)c1cccc(-c2ccc(CNC[C@@H]3CCC(=O)N3)c(OC)n2)c1Cl)c1cnc(C2=NC[C@@H](C)N2)c(OC)n1. The van der Waals surface area contributed by atoms with Gasteiger partial charge in [-0.1, -0.05) is 60.7 Å². The maximum Gasteiger partial charge on any atom is 0.244 e. The molecule has 0 radical (unpaired) electrons. The number of amidine groups is 1. The molecule has 1 amide bonds. The molecule has 240 valence electrons. The first-order valence-electron chi connectivity index (χ1n) is 15.0. The van der Waals surface area contributed by atoms with Crippen LogP contribution in [-0.4, -0.2) is 72.0 Å². The van der Waals surface area contributed by atoms with Gasteiger partial charge in [0.15, 0.2) is 11.5 Å². The molecule has 2 aliphatic heterocycles. The number of aromatic nitrogens is 3. The van der Waals surface area contributed by atoms with Gasteiger partial charge in [-0.3, -0.25) is 9.79 Å².